The van der Waals surface area contributed by atoms with E-state index in [1.165, 1.54) is 31.2 Å². The van der Waals surface area contributed by atoms with Crippen molar-refractivity contribution in [2.24, 2.45) is 11.1 Å². The van der Waals surface area contributed by atoms with E-state index in [0.717, 1.165) is 12.1 Å². The maximum absolute atomic E-state index is 13.1. The molecule has 0 aliphatic rings. The summed E-state index contributed by atoms with van der Waals surface area (Å²) in [5, 5.41) is 5.14. The summed E-state index contributed by atoms with van der Waals surface area (Å²) in [6.45, 7) is 5.20. The van der Waals surface area contributed by atoms with Crippen LogP contribution < -0.4 is 5.14 Å². The molecule has 2 aromatic rings. The van der Waals surface area contributed by atoms with Crippen molar-refractivity contribution in [3.05, 3.63) is 59.7 Å². The molecule has 0 bridgehead atoms. The molecule has 9 heteroatoms. The molecule has 0 unspecified atom stereocenters. The van der Waals surface area contributed by atoms with Gasteiger partial charge < -0.3 is 0 Å². The summed E-state index contributed by atoms with van der Waals surface area (Å²) in [6, 6.07) is 11.1. The summed E-state index contributed by atoms with van der Waals surface area (Å²) in [6.07, 6.45) is 0. The normalized spacial score (nSPS) is 11.6. The van der Waals surface area contributed by atoms with Crippen molar-refractivity contribution in [3.63, 3.8) is 0 Å². The van der Waals surface area contributed by atoms with E-state index in [2.05, 4.69) is 11.8 Å². The lowest BCUT2D eigenvalue weighted by Gasteiger charge is -2.22. The summed E-state index contributed by atoms with van der Waals surface area (Å²) in [5.41, 5.74) is 0.833. The van der Waals surface area contributed by atoms with Gasteiger partial charge in [-0.25, -0.2) is 26.3 Å². The van der Waals surface area contributed by atoms with E-state index in [-0.39, 0.29) is 18.0 Å². The first-order valence-electron chi connectivity index (χ1n) is 8.79. The maximum Gasteiger partial charge on any atom is 0.268 e. The summed E-state index contributed by atoms with van der Waals surface area (Å²) in [4.78, 5) is 11.8. The minimum absolute atomic E-state index is 0.138. The number of nitrogens with two attached hydrogens (primary N) is 1. The van der Waals surface area contributed by atoms with Gasteiger partial charge in [-0.15, -0.1) is 0 Å². The Labute approximate surface area is 171 Å². The van der Waals surface area contributed by atoms with Crippen LogP contribution in [0.3, 0.4) is 0 Å². The highest BCUT2D eigenvalue weighted by atomic mass is 32.2. The molecule has 0 aliphatic heterocycles. The van der Waals surface area contributed by atoms with Crippen molar-refractivity contribution in [2.75, 3.05) is 6.54 Å². The Morgan fingerprint density at radius 2 is 1.55 bits per heavy atom. The average Bonchev–Trinajstić information content (AvgIpc) is 2.66. The molecule has 0 atom stereocenters. The van der Waals surface area contributed by atoms with Gasteiger partial charge in [0.05, 0.1) is 0 Å². The predicted octanol–water partition coefficient (Wildman–Crippen LogP) is 2.19. The summed E-state index contributed by atoms with van der Waals surface area (Å²) < 4.78 is 50.3. The monoisotopic (exact) mass is 434 g/mol. The molecule has 0 aromatic heterocycles. The van der Waals surface area contributed by atoms with Gasteiger partial charge in [-0.1, -0.05) is 37.8 Å². The van der Waals surface area contributed by atoms with E-state index in [9.17, 15) is 21.6 Å². The van der Waals surface area contributed by atoms with Crippen LogP contribution in [0.15, 0.2) is 58.3 Å². The molecule has 0 spiro atoms. The van der Waals surface area contributed by atoms with Crippen LogP contribution in [-0.2, 0) is 20.0 Å². The van der Waals surface area contributed by atoms with Gasteiger partial charge in [-0.3, -0.25) is 4.79 Å². The molecule has 2 rings (SSSR count). The van der Waals surface area contributed by atoms with Crippen LogP contribution in [-0.4, -0.2) is 33.6 Å². The number of rotatable bonds is 5. The largest absolute Gasteiger partial charge is 0.268 e. The van der Waals surface area contributed by atoms with Gasteiger partial charge in [-0.2, -0.15) is 0 Å². The Hall–Kier alpha value is -2.67. The lowest BCUT2D eigenvalue weighted by Crippen LogP contribution is -2.37. The zero-order chi connectivity index (χ0) is 21.8. The molecule has 0 radical (unpaired) electrons. The number of primary sulfonamides is 1. The average molecular weight is 435 g/mol. The lowest BCUT2D eigenvalue weighted by molar-refractivity contribution is 0.0866. The third kappa shape index (κ3) is 5.23. The Morgan fingerprint density at radius 1 is 1.00 bits per heavy atom. The van der Waals surface area contributed by atoms with E-state index in [1.54, 1.807) is 12.1 Å². The van der Waals surface area contributed by atoms with E-state index in [4.69, 9.17) is 5.14 Å². The van der Waals surface area contributed by atoms with Crippen LogP contribution >= 0.6 is 0 Å². The number of nitrogens with zero attached hydrogens (tertiary/aromatic N) is 1. The van der Waals surface area contributed by atoms with E-state index in [0.29, 0.717) is 9.87 Å². The van der Waals surface area contributed by atoms with Crippen LogP contribution in [0.2, 0.25) is 0 Å². The van der Waals surface area contributed by atoms with Gasteiger partial charge in [0.1, 0.15) is 9.79 Å². The van der Waals surface area contributed by atoms with Crippen LogP contribution in [0.25, 0.3) is 0 Å². The molecule has 0 heterocycles. The molecule has 2 aromatic carbocycles. The third-order valence-electron chi connectivity index (χ3n) is 3.87. The first-order valence-corrected chi connectivity index (χ1v) is 11.8. The predicted molar refractivity (Wildman–Crippen MR) is 110 cm³/mol. The molecule has 1 amide bonds. The number of amides is 1. The molecular weight excluding hydrogens is 412 g/mol. The van der Waals surface area contributed by atoms with Crippen LogP contribution in [0, 0.1) is 17.8 Å². The Bertz CT molecular complexity index is 1170. The van der Waals surface area contributed by atoms with Crippen LogP contribution in [0.1, 0.15) is 36.7 Å². The number of hydrogen-bond acceptors (Lipinski definition) is 5. The standard InChI is InChI=1S/C20H22N2O5S2/c1-4-22(20(23)17-13-11-16(12-14-17)10-9-15(2)3)29(26,27)19-8-6-5-7-18(19)28(21,24)25/h5-8,11-15H,4H2,1-3H3,(H2,21,24,25). The van der Waals surface area contributed by atoms with E-state index < -0.39 is 35.7 Å². The second-order valence-corrected chi connectivity index (χ2v) is 9.83. The molecular formula is C20H22N2O5S2. The van der Waals surface area contributed by atoms with Gasteiger partial charge in [0.2, 0.25) is 10.0 Å². The Kier molecular flexibility index (Phi) is 6.85. The fourth-order valence-electron chi connectivity index (χ4n) is 2.51. The Balaban J connectivity index is 2.46. The molecule has 0 aliphatic carbocycles. The first kappa shape index (κ1) is 22.6. The first-order chi connectivity index (χ1) is 13.5. The second-order valence-electron chi connectivity index (χ2n) is 6.47. The maximum atomic E-state index is 13.1. The fourth-order valence-corrected chi connectivity index (χ4v) is 5.26. The van der Waals surface area contributed by atoms with E-state index >= 15 is 0 Å². The van der Waals surface area contributed by atoms with Crippen molar-refractivity contribution in [1.82, 2.24) is 4.31 Å². The van der Waals surface area contributed by atoms with Gasteiger partial charge in [0.25, 0.3) is 15.9 Å². The number of carbonyl (C=O) groups is 1. The molecule has 29 heavy (non-hydrogen) atoms. The summed E-state index contributed by atoms with van der Waals surface area (Å²) in [5.74, 6) is 5.37. The molecule has 154 valence electrons. The minimum atomic E-state index is -4.45. The zero-order valence-electron chi connectivity index (χ0n) is 16.3. The smallest absolute Gasteiger partial charge is 0.268 e. The van der Waals surface area contributed by atoms with Gasteiger partial charge in [0.15, 0.2) is 0 Å². The highest BCUT2D eigenvalue weighted by Gasteiger charge is 2.32. The van der Waals surface area contributed by atoms with Crippen molar-refractivity contribution < 1.29 is 21.6 Å². The van der Waals surface area contributed by atoms with Crippen LogP contribution in [0.4, 0.5) is 0 Å². The van der Waals surface area contributed by atoms with Crippen LogP contribution in [0.5, 0.6) is 0 Å². The third-order valence-corrected chi connectivity index (χ3v) is 6.89. The van der Waals surface area contributed by atoms with Gasteiger partial charge in [0, 0.05) is 23.6 Å². The van der Waals surface area contributed by atoms with Gasteiger partial charge in [-0.05, 0) is 43.3 Å². The lowest BCUT2D eigenvalue weighted by atomic mass is 10.1. The topological polar surface area (TPSA) is 115 Å². The zero-order valence-corrected chi connectivity index (χ0v) is 17.9. The summed E-state index contributed by atoms with van der Waals surface area (Å²) in [7, 11) is -8.75. The van der Waals surface area contributed by atoms with Crippen molar-refractivity contribution >= 4 is 26.0 Å². The quantitative estimate of drug-likeness (QED) is 0.725. The second kappa shape index (κ2) is 8.78. The fraction of sp³-hybridized carbons (Fsp3) is 0.250. The number of sulfonamides is 2. The van der Waals surface area contributed by atoms with Crippen molar-refractivity contribution in [2.45, 2.75) is 30.6 Å². The minimum Gasteiger partial charge on any atom is -0.268 e. The highest BCUT2D eigenvalue weighted by molar-refractivity contribution is 7.92. The number of benzene rings is 2. The number of hydrogen-bond donors (Lipinski definition) is 1. The molecule has 7 nitrogen and oxygen atoms in total. The SMILES string of the molecule is CCN(C(=O)c1ccc(C#CC(C)C)cc1)S(=O)(=O)c1ccccc1S(N)(=O)=O. The molecule has 2 N–H and O–H groups in total. The number of carbonyl (C=O) groups excluding carboxylic acids is 1. The molecule has 0 saturated heterocycles. The molecule has 0 fully saturated rings. The highest BCUT2D eigenvalue weighted by Crippen LogP contribution is 2.24. The Morgan fingerprint density at radius 3 is 2.03 bits per heavy atom. The van der Waals surface area contributed by atoms with Crippen molar-refractivity contribution in [1.29, 1.82) is 0 Å². The molecule has 0 saturated carbocycles. The van der Waals surface area contributed by atoms with Crippen molar-refractivity contribution in [3.8, 4) is 11.8 Å². The van der Waals surface area contributed by atoms with Gasteiger partial charge >= 0.3 is 0 Å². The summed E-state index contributed by atoms with van der Waals surface area (Å²) >= 11 is 0. The van der Waals surface area contributed by atoms with E-state index in [1.807, 2.05) is 13.8 Å².